The van der Waals surface area contributed by atoms with Crippen LogP contribution in [0, 0.1) is 22.7 Å². The van der Waals surface area contributed by atoms with Gasteiger partial charge in [-0.25, -0.2) is 0 Å². The Morgan fingerprint density at radius 2 is 1.18 bits per heavy atom. The van der Waals surface area contributed by atoms with Gasteiger partial charge in [-0.15, -0.1) is 0 Å². The third kappa shape index (κ3) is 3.53. The Morgan fingerprint density at radius 1 is 0.750 bits per heavy atom. The van der Waals surface area contributed by atoms with Gasteiger partial charge in [0.25, 0.3) is 0 Å². The first-order valence-corrected chi connectivity index (χ1v) is 14.9. The van der Waals surface area contributed by atoms with E-state index in [-0.39, 0.29) is 37.8 Å². The summed E-state index contributed by atoms with van der Waals surface area (Å²) in [6.07, 6.45) is 4.12. The zero-order valence-corrected chi connectivity index (χ0v) is 18.2. The van der Waals surface area contributed by atoms with E-state index in [9.17, 15) is 20.1 Å². The van der Waals surface area contributed by atoms with Crippen LogP contribution in [0.2, 0.25) is 0 Å². The van der Waals surface area contributed by atoms with E-state index >= 15 is 0 Å². The van der Waals surface area contributed by atoms with Crippen molar-refractivity contribution >= 4 is 47.0 Å². The second-order valence-electron chi connectivity index (χ2n) is 6.61. The van der Waals surface area contributed by atoms with Crippen molar-refractivity contribution in [1.82, 2.24) is 9.97 Å². The summed E-state index contributed by atoms with van der Waals surface area (Å²) in [6, 6.07) is 7.70. The molecule has 0 radical (unpaired) electrons. The van der Waals surface area contributed by atoms with Gasteiger partial charge in [0.2, 0.25) is 0 Å². The molecular formula is C20H14N4O2Se2. The minimum atomic E-state index is -0.140. The molecule has 0 bridgehead atoms. The van der Waals surface area contributed by atoms with Crippen molar-refractivity contribution in [2.75, 3.05) is 0 Å². The molecule has 2 aliphatic carbocycles. The van der Waals surface area contributed by atoms with E-state index in [0.29, 0.717) is 35.1 Å². The SMILES string of the molecule is N#Cc1cc2c(nc1[Se][Se]c1nc3c(cc1C#N)C(=O)CCC3)CCCC2=O. The van der Waals surface area contributed by atoms with Crippen molar-refractivity contribution in [3.63, 3.8) is 0 Å². The van der Waals surface area contributed by atoms with Crippen molar-refractivity contribution in [2.45, 2.75) is 38.5 Å². The van der Waals surface area contributed by atoms with Crippen LogP contribution in [0.5, 0.6) is 0 Å². The summed E-state index contributed by atoms with van der Waals surface area (Å²) >= 11 is -0.280. The number of pyridine rings is 2. The van der Waals surface area contributed by atoms with Crippen LogP contribution in [0.15, 0.2) is 12.1 Å². The van der Waals surface area contributed by atoms with Crippen molar-refractivity contribution < 1.29 is 9.59 Å². The van der Waals surface area contributed by atoms with E-state index in [2.05, 4.69) is 22.1 Å². The van der Waals surface area contributed by atoms with Crippen LogP contribution in [0.1, 0.15) is 68.9 Å². The molecule has 0 saturated heterocycles. The van der Waals surface area contributed by atoms with Gasteiger partial charge in [0.05, 0.1) is 0 Å². The number of carbonyl (C=O) groups excluding carboxylic acids is 2. The van der Waals surface area contributed by atoms with Crippen LogP contribution in [0.4, 0.5) is 0 Å². The fraction of sp³-hybridized carbons (Fsp3) is 0.300. The molecule has 0 unspecified atom stereocenters. The quantitative estimate of drug-likeness (QED) is 0.570. The van der Waals surface area contributed by atoms with E-state index in [1.165, 1.54) is 0 Å². The van der Waals surface area contributed by atoms with Gasteiger partial charge in [-0.3, -0.25) is 0 Å². The number of nitriles is 2. The van der Waals surface area contributed by atoms with E-state index in [1.807, 2.05) is 0 Å². The predicted molar refractivity (Wildman–Crippen MR) is 103 cm³/mol. The molecule has 8 heteroatoms. The molecule has 0 fully saturated rings. The molecule has 0 atom stereocenters. The number of Topliss-reactive ketones (excluding diaryl/α,β-unsaturated/α-hetero) is 2. The Kier molecular flexibility index (Phi) is 5.40. The third-order valence-electron chi connectivity index (χ3n) is 4.81. The van der Waals surface area contributed by atoms with Crippen molar-refractivity contribution in [2.24, 2.45) is 0 Å². The zero-order chi connectivity index (χ0) is 19.7. The monoisotopic (exact) mass is 502 g/mol. The number of rotatable bonds is 3. The molecule has 28 heavy (non-hydrogen) atoms. The molecule has 2 aromatic rings. The third-order valence-corrected chi connectivity index (χ3v) is 11.3. The summed E-state index contributed by atoms with van der Waals surface area (Å²) < 4.78 is 1.45. The van der Waals surface area contributed by atoms with Crippen molar-refractivity contribution in [3.05, 3.63) is 45.8 Å². The molecule has 0 spiro atoms. The van der Waals surface area contributed by atoms with Gasteiger partial charge >= 0.3 is 174 Å². The predicted octanol–water partition coefficient (Wildman–Crippen LogP) is 0.532. The average Bonchev–Trinajstić information content (AvgIpc) is 2.71. The van der Waals surface area contributed by atoms with Crippen LogP contribution in [-0.2, 0) is 12.8 Å². The molecule has 0 saturated carbocycles. The summed E-state index contributed by atoms with van der Waals surface area (Å²) in [5.41, 5.74) is 3.63. The summed E-state index contributed by atoms with van der Waals surface area (Å²) in [4.78, 5) is 33.4. The van der Waals surface area contributed by atoms with Gasteiger partial charge in [0.1, 0.15) is 0 Å². The Bertz CT molecular complexity index is 1010. The standard InChI is InChI=1S/C20H14N4O2Se2/c21-9-11-7-13-15(3-1-5-17(13)25)23-19(11)27-28-20-12(10-22)8-14-16(24-20)4-2-6-18(14)26/h7-8H,1-6H2. The van der Waals surface area contributed by atoms with Crippen LogP contribution in [0.25, 0.3) is 0 Å². The van der Waals surface area contributed by atoms with E-state index in [1.54, 1.807) is 12.1 Å². The summed E-state index contributed by atoms with van der Waals surface area (Å²) in [7, 11) is 0. The number of hydrogen-bond donors (Lipinski definition) is 0. The summed E-state index contributed by atoms with van der Waals surface area (Å²) in [5.74, 6) is 0.116. The minimum absolute atomic E-state index is 0.0580. The molecule has 2 aliphatic rings. The van der Waals surface area contributed by atoms with Gasteiger partial charge in [-0.2, -0.15) is 0 Å². The van der Waals surface area contributed by atoms with Crippen LogP contribution in [-0.4, -0.2) is 47.8 Å². The fourth-order valence-corrected chi connectivity index (χ4v) is 9.65. The molecule has 6 nitrogen and oxygen atoms in total. The molecule has 0 amide bonds. The molecule has 138 valence electrons. The number of ketones is 2. The summed E-state index contributed by atoms with van der Waals surface area (Å²) in [5, 5.41) is 19.0. The zero-order valence-electron chi connectivity index (χ0n) is 14.8. The first kappa shape index (κ1) is 19.0. The van der Waals surface area contributed by atoms with E-state index in [0.717, 1.165) is 46.3 Å². The first-order chi connectivity index (χ1) is 13.6. The van der Waals surface area contributed by atoms with E-state index < -0.39 is 0 Å². The maximum absolute atomic E-state index is 12.1. The van der Waals surface area contributed by atoms with Gasteiger partial charge in [0, 0.05) is 0 Å². The number of aryl methyl sites for hydroxylation is 2. The normalized spacial score (nSPS) is 15.4. The van der Waals surface area contributed by atoms with Crippen LogP contribution in [0.3, 0.4) is 0 Å². The molecule has 2 aromatic heterocycles. The second kappa shape index (κ2) is 7.95. The number of hydrogen-bond acceptors (Lipinski definition) is 6. The Morgan fingerprint density at radius 3 is 1.57 bits per heavy atom. The van der Waals surface area contributed by atoms with Crippen molar-refractivity contribution in [1.29, 1.82) is 10.5 Å². The Balaban J connectivity index is 1.65. The number of carbonyl (C=O) groups is 2. The fourth-order valence-electron chi connectivity index (χ4n) is 3.40. The number of fused-ring (bicyclic) bond motifs is 2. The summed E-state index contributed by atoms with van der Waals surface area (Å²) in [6.45, 7) is 0. The van der Waals surface area contributed by atoms with Crippen LogP contribution < -0.4 is 9.18 Å². The Labute approximate surface area is 173 Å². The molecule has 4 rings (SSSR count). The topological polar surface area (TPSA) is 108 Å². The van der Waals surface area contributed by atoms with Gasteiger partial charge < -0.3 is 0 Å². The van der Waals surface area contributed by atoms with Crippen molar-refractivity contribution in [3.8, 4) is 12.1 Å². The molecule has 0 aromatic carbocycles. The first-order valence-electron chi connectivity index (χ1n) is 8.89. The number of aromatic nitrogens is 2. The van der Waals surface area contributed by atoms with Gasteiger partial charge in [-0.1, -0.05) is 0 Å². The Hall–Kier alpha value is -2.34. The van der Waals surface area contributed by atoms with Crippen LogP contribution >= 0.6 is 0 Å². The number of nitrogens with zero attached hydrogens (tertiary/aromatic N) is 4. The molecule has 0 N–H and O–H groups in total. The van der Waals surface area contributed by atoms with E-state index in [4.69, 9.17) is 0 Å². The van der Waals surface area contributed by atoms with Gasteiger partial charge in [-0.05, 0) is 0 Å². The maximum atomic E-state index is 12.1. The second-order valence-corrected chi connectivity index (χ2v) is 12.6. The molecule has 0 aliphatic heterocycles. The molecule has 2 heterocycles. The van der Waals surface area contributed by atoms with Gasteiger partial charge in [0.15, 0.2) is 0 Å². The average molecular weight is 500 g/mol. The molecular weight excluding hydrogens is 486 g/mol.